The van der Waals surface area contributed by atoms with Gasteiger partial charge in [0.15, 0.2) is 17.5 Å². The van der Waals surface area contributed by atoms with Crippen LogP contribution in [-0.2, 0) is 0 Å². The third kappa shape index (κ3) is 2.95. The molecule has 0 aliphatic heterocycles. The zero-order valence-electron chi connectivity index (χ0n) is 9.65. The van der Waals surface area contributed by atoms with Gasteiger partial charge in [-0.25, -0.2) is 13.8 Å². The third-order valence-electron chi connectivity index (χ3n) is 2.11. The molecule has 0 saturated carbocycles. The molecular weight excluding hydrogens is 256 g/mol. The maximum atomic E-state index is 13.6. The number of halogens is 2. The minimum absolute atomic E-state index is 0.0652. The number of hydrogen-bond acceptors (Lipinski definition) is 4. The summed E-state index contributed by atoms with van der Waals surface area (Å²) >= 11 is 1.13. The average molecular weight is 267 g/mol. The highest BCUT2D eigenvalue weighted by molar-refractivity contribution is 7.99. The number of anilines is 1. The summed E-state index contributed by atoms with van der Waals surface area (Å²) in [6, 6.07) is 4.32. The van der Waals surface area contributed by atoms with E-state index in [2.05, 4.69) is 15.3 Å². The van der Waals surface area contributed by atoms with Crippen molar-refractivity contribution in [2.75, 3.05) is 11.9 Å². The van der Waals surface area contributed by atoms with E-state index in [-0.39, 0.29) is 10.8 Å². The fourth-order valence-corrected chi connectivity index (χ4v) is 2.11. The molecule has 6 heteroatoms. The SMILES string of the molecule is CCNc1nc(Sc2ccncc2)c(F)cc1F. The van der Waals surface area contributed by atoms with Crippen LogP contribution in [0.25, 0.3) is 0 Å². The molecule has 0 unspecified atom stereocenters. The van der Waals surface area contributed by atoms with Gasteiger partial charge in [-0.3, -0.25) is 4.98 Å². The molecule has 2 heterocycles. The molecule has 0 spiro atoms. The molecule has 0 amide bonds. The number of hydrogen-bond donors (Lipinski definition) is 1. The van der Waals surface area contributed by atoms with Crippen molar-refractivity contribution < 1.29 is 8.78 Å². The number of rotatable bonds is 4. The van der Waals surface area contributed by atoms with Crippen LogP contribution in [0.3, 0.4) is 0 Å². The molecule has 18 heavy (non-hydrogen) atoms. The van der Waals surface area contributed by atoms with E-state index >= 15 is 0 Å². The number of aromatic nitrogens is 2. The summed E-state index contributed by atoms with van der Waals surface area (Å²) < 4.78 is 27.0. The van der Waals surface area contributed by atoms with Gasteiger partial charge in [0.1, 0.15) is 5.03 Å². The van der Waals surface area contributed by atoms with Crippen molar-refractivity contribution in [3.63, 3.8) is 0 Å². The summed E-state index contributed by atoms with van der Waals surface area (Å²) in [7, 11) is 0. The summed E-state index contributed by atoms with van der Waals surface area (Å²) in [5.41, 5.74) is 0. The lowest BCUT2D eigenvalue weighted by Gasteiger charge is -2.07. The molecule has 1 N–H and O–H groups in total. The molecular formula is C12H11F2N3S. The van der Waals surface area contributed by atoms with Crippen LogP contribution < -0.4 is 5.32 Å². The van der Waals surface area contributed by atoms with Gasteiger partial charge < -0.3 is 5.32 Å². The largest absolute Gasteiger partial charge is 0.368 e. The van der Waals surface area contributed by atoms with Crippen molar-refractivity contribution in [2.24, 2.45) is 0 Å². The molecule has 94 valence electrons. The Hall–Kier alpha value is -1.69. The first-order valence-electron chi connectivity index (χ1n) is 5.38. The van der Waals surface area contributed by atoms with E-state index < -0.39 is 11.6 Å². The van der Waals surface area contributed by atoms with Crippen LogP contribution in [-0.4, -0.2) is 16.5 Å². The van der Waals surface area contributed by atoms with Crippen molar-refractivity contribution in [1.29, 1.82) is 0 Å². The van der Waals surface area contributed by atoms with Crippen LogP contribution in [0.5, 0.6) is 0 Å². The predicted octanol–water partition coefficient (Wildman–Crippen LogP) is 3.34. The second kappa shape index (κ2) is 5.77. The van der Waals surface area contributed by atoms with Crippen molar-refractivity contribution in [2.45, 2.75) is 16.8 Å². The summed E-state index contributed by atoms with van der Waals surface area (Å²) in [6.07, 6.45) is 3.21. The minimum atomic E-state index is -0.687. The lowest BCUT2D eigenvalue weighted by atomic mass is 10.4. The summed E-state index contributed by atoms with van der Waals surface area (Å²) in [5.74, 6) is -1.29. The summed E-state index contributed by atoms with van der Waals surface area (Å²) in [5, 5.41) is 2.89. The molecule has 0 aliphatic carbocycles. The normalized spacial score (nSPS) is 10.4. The molecule has 0 atom stereocenters. The first kappa shape index (κ1) is 12.8. The molecule has 2 aromatic heterocycles. The van der Waals surface area contributed by atoms with Gasteiger partial charge in [0.05, 0.1) is 0 Å². The minimum Gasteiger partial charge on any atom is -0.368 e. The van der Waals surface area contributed by atoms with Gasteiger partial charge in [0.25, 0.3) is 0 Å². The molecule has 0 aliphatic rings. The lowest BCUT2D eigenvalue weighted by Crippen LogP contribution is -2.04. The van der Waals surface area contributed by atoms with Crippen molar-refractivity contribution in [1.82, 2.24) is 9.97 Å². The van der Waals surface area contributed by atoms with Gasteiger partial charge in [0.2, 0.25) is 0 Å². The van der Waals surface area contributed by atoms with E-state index in [1.807, 2.05) is 6.92 Å². The molecule has 0 bridgehead atoms. The Morgan fingerprint density at radius 3 is 2.61 bits per heavy atom. The molecule has 0 fully saturated rings. The van der Waals surface area contributed by atoms with Crippen LogP contribution >= 0.6 is 11.8 Å². The quantitative estimate of drug-likeness (QED) is 0.922. The van der Waals surface area contributed by atoms with Crippen LogP contribution in [0.4, 0.5) is 14.6 Å². The Morgan fingerprint density at radius 2 is 1.94 bits per heavy atom. The Balaban J connectivity index is 2.30. The highest BCUT2D eigenvalue weighted by Crippen LogP contribution is 2.29. The molecule has 0 saturated heterocycles. The van der Waals surface area contributed by atoms with Gasteiger partial charge in [-0.1, -0.05) is 11.8 Å². The summed E-state index contributed by atoms with van der Waals surface area (Å²) in [6.45, 7) is 2.34. The fourth-order valence-electron chi connectivity index (χ4n) is 1.33. The fraction of sp³-hybridized carbons (Fsp3) is 0.167. The Morgan fingerprint density at radius 1 is 1.22 bits per heavy atom. The topological polar surface area (TPSA) is 37.8 Å². The maximum Gasteiger partial charge on any atom is 0.168 e. The Bertz CT molecular complexity index is 534. The third-order valence-corrected chi connectivity index (χ3v) is 3.09. The molecule has 2 rings (SSSR count). The second-order valence-electron chi connectivity index (χ2n) is 3.42. The van der Waals surface area contributed by atoms with Gasteiger partial charge >= 0.3 is 0 Å². The standard InChI is InChI=1S/C12H11F2N3S/c1-2-16-11-9(13)7-10(14)12(17-11)18-8-3-5-15-6-4-8/h3-7H,2H2,1H3,(H,16,17). The van der Waals surface area contributed by atoms with E-state index in [4.69, 9.17) is 0 Å². The zero-order valence-corrected chi connectivity index (χ0v) is 10.5. The van der Waals surface area contributed by atoms with E-state index in [1.165, 1.54) is 0 Å². The van der Waals surface area contributed by atoms with Crippen molar-refractivity contribution >= 4 is 17.6 Å². The van der Waals surface area contributed by atoms with Gasteiger partial charge in [0, 0.05) is 29.9 Å². The highest BCUT2D eigenvalue weighted by atomic mass is 32.2. The van der Waals surface area contributed by atoms with Gasteiger partial charge in [-0.15, -0.1) is 0 Å². The highest BCUT2D eigenvalue weighted by Gasteiger charge is 2.12. The Labute approximate surface area is 108 Å². The second-order valence-corrected chi connectivity index (χ2v) is 4.48. The van der Waals surface area contributed by atoms with Crippen molar-refractivity contribution in [3.05, 3.63) is 42.2 Å². The van der Waals surface area contributed by atoms with E-state index in [0.717, 1.165) is 22.7 Å². The maximum absolute atomic E-state index is 13.6. The van der Waals surface area contributed by atoms with Crippen LogP contribution in [0.1, 0.15) is 6.92 Å². The van der Waals surface area contributed by atoms with E-state index in [9.17, 15) is 8.78 Å². The summed E-state index contributed by atoms with van der Waals surface area (Å²) in [4.78, 5) is 8.61. The number of nitrogens with one attached hydrogen (secondary N) is 1. The van der Waals surface area contributed by atoms with Crippen LogP contribution in [0.2, 0.25) is 0 Å². The zero-order chi connectivity index (χ0) is 13.0. The van der Waals surface area contributed by atoms with Crippen LogP contribution in [0, 0.1) is 11.6 Å². The van der Waals surface area contributed by atoms with E-state index in [0.29, 0.717) is 6.54 Å². The first-order chi connectivity index (χ1) is 8.70. The molecule has 0 radical (unpaired) electrons. The number of nitrogens with zero attached hydrogens (tertiary/aromatic N) is 2. The van der Waals surface area contributed by atoms with Gasteiger partial charge in [-0.2, -0.15) is 0 Å². The average Bonchev–Trinajstić information content (AvgIpc) is 2.37. The number of pyridine rings is 2. The Kier molecular flexibility index (Phi) is 4.09. The van der Waals surface area contributed by atoms with Gasteiger partial charge in [-0.05, 0) is 19.1 Å². The smallest absolute Gasteiger partial charge is 0.168 e. The molecule has 2 aromatic rings. The lowest BCUT2D eigenvalue weighted by molar-refractivity contribution is 0.551. The predicted molar refractivity (Wildman–Crippen MR) is 66.7 cm³/mol. The first-order valence-corrected chi connectivity index (χ1v) is 6.20. The molecule has 0 aromatic carbocycles. The molecule has 3 nitrogen and oxygen atoms in total. The monoisotopic (exact) mass is 267 g/mol. The van der Waals surface area contributed by atoms with Crippen LogP contribution in [0.15, 0.2) is 40.5 Å². The van der Waals surface area contributed by atoms with E-state index in [1.54, 1.807) is 24.5 Å². The van der Waals surface area contributed by atoms with Crippen molar-refractivity contribution in [3.8, 4) is 0 Å².